The van der Waals surface area contributed by atoms with E-state index in [0.717, 1.165) is 5.69 Å². The zero-order valence-corrected chi connectivity index (χ0v) is 8.96. The number of hydrogen-bond donors (Lipinski definition) is 0. The first-order chi connectivity index (χ1) is 7.33. The monoisotopic (exact) mass is 268 g/mol. The minimum Gasteiger partial charge on any atom is -0.497 e. The molecule has 2 rings (SSSR count). The van der Waals surface area contributed by atoms with Crippen LogP contribution in [-0.2, 0) is 0 Å². The van der Waals surface area contributed by atoms with E-state index in [4.69, 9.17) is 4.52 Å². The maximum Gasteiger partial charge on any atom is 0.308 e. The first kappa shape index (κ1) is 9.78. The zero-order chi connectivity index (χ0) is 10.7. The van der Waals surface area contributed by atoms with Crippen LogP contribution in [0.1, 0.15) is 0 Å². The predicted molar refractivity (Wildman–Crippen MR) is 54.5 cm³/mol. The fourth-order valence-corrected chi connectivity index (χ4v) is 1.49. The van der Waals surface area contributed by atoms with Gasteiger partial charge in [-0.25, -0.2) is 0 Å². The molecule has 0 saturated heterocycles. The van der Waals surface area contributed by atoms with Gasteiger partial charge < -0.3 is 9.95 Å². The summed E-state index contributed by atoms with van der Waals surface area (Å²) in [6, 6.07) is 9.28. The van der Waals surface area contributed by atoms with E-state index in [1.54, 1.807) is 0 Å². The van der Waals surface area contributed by atoms with Gasteiger partial charge >= 0.3 is 4.60 Å². The van der Waals surface area contributed by atoms with E-state index >= 15 is 0 Å². The van der Waals surface area contributed by atoms with E-state index in [1.165, 1.54) is 4.68 Å². The third kappa shape index (κ3) is 1.86. The third-order valence-corrected chi connectivity index (χ3v) is 2.38. The summed E-state index contributed by atoms with van der Waals surface area (Å²) in [5, 5.41) is 6.08. The Morgan fingerprint density at radius 3 is 2.80 bits per heavy atom. The Kier molecular flexibility index (Phi) is 2.72. The maximum absolute atomic E-state index is 9.94. The van der Waals surface area contributed by atoms with Gasteiger partial charge in [0.1, 0.15) is 0 Å². The summed E-state index contributed by atoms with van der Waals surface area (Å²) in [5.74, 6) is 0.0360. The number of rotatable bonds is 3. The van der Waals surface area contributed by atoms with Gasteiger partial charge in [0.05, 0.1) is 0 Å². The van der Waals surface area contributed by atoms with E-state index in [0.29, 0.717) is 4.60 Å². The Morgan fingerprint density at radius 1 is 1.40 bits per heavy atom. The van der Waals surface area contributed by atoms with Crippen molar-refractivity contribution >= 4 is 21.8 Å². The van der Waals surface area contributed by atoms with Crippen molar-refractivity contribution in [2.24, 2.45) is 5.29 Å². The summed E-state index contributed by atoms with van der Waals surface area (Å²) in [7, 11) is 0. The molecule has 2 aromatic rings. The summed E-state index contributed by atoms with van der Waals surface area (Å²) in [4.78, 5) is 9.94. The highest BCUT2D eigenvalue weighted by Gasteiger charge is 2.19. The first-order valence-corrected chi connectivity index (χ1v) is 4.78. The molecule has 1 aromatic carbocycles. The van der Waals surface area contributed by atoms with Crippen LogP contribution in [0.4, 0.5) is 5.88 Å². The molecule has 1 aromatic heterocycles. The molecule has 7 heteroatoms. The van der Waals surface area contributed by atoms with Gasteiger partial charge in [-0.1, -0.05) is 18.2 Å². The molecule has 76 valence electrons. The van der Waals surface area contributed by atoms with Crippen LogP contribution in [-0.4, -0.2) is 5.27 Å². The number of hydrogen-bond acceptors (Lipinski definition) is 4. The van der Waals surface area contributed by atoms with Gasteiger partial charge in [-0.15, -0.1) is 5.29 Å². The highest BCUT2D eigenvalue weighted by Crippen LogP contribution is 2.26. The molecule has 0 spiro atoms. The summed E-state index contributed by atoms with van der Waals surface area (Å²) in [6.07, 6.45) is 0. The molecule has 0 bridgehead atoms. The number of nitrogens with zero attached hydrogens (tertiary/aromatic N) is 4. The van der Waals surface area contributed by atoms with Gasteiger partial charge in [0.2, 0.25) is 11.0 Å². The molecule has 0 aliphatic rings. The predicted octanol–water partition coefficient (Wildman–Crippen LogP) is 2.40. The molecule has 6 nitrogen and oxygen atoms in total. The van der Waals surface area contributed by atoms with Crippen LogP contribution < -0.4 is 4.68 Å². The topological polar surface area (TPSA) is 73.4 Å². The Labute approximate surface area is 92.9 Å². The lowest BCUT2D eigenvalue weighted by Gasteiger charge is -1.98. The Balaban J connectivity index is 2.42. The molecule has 0 N–H and O–H groups in total. The van der Waals surface area contributed by atoms with Crippen molar-refractivity contribution in [3.63, 3.8) is 0 Å². The van der Waals surface area contributed by atoms with E-state index in [1.807, 2.05) is 30.3 Å². The van der Waals surface area contributed by atoms with Crippen molar-refractivity contribution in [1.82, 2.24) is 5.27 Å². The smallest absolute Gasteiger partial charge is 0.308 e. The van der Waals surface area contributed by atoms with Crippen molar-refractivity contribution in [3.8, 4) is 5.69 Å². The quantitative estimate of drug-likeness (QED) is 0.487. The highest BCUT2D eigenvalue weighted by molar-refractivity contribution is 9.10. The van der Waals surface area contributed by atoms with Gasteiger partial charge in [0.15, 0.2) is 5.88 Å². The van der Waals surface area contributed by atoms with Crippen molar-refractivity contribution < 1.29 is 9.20 Å². The fraction of sp³-hybridized carbons (Fsp3) is 0. The lowest BCUT2D eigenvalue weighted by Crippen LogP contribution is -2.33. The second-order valence-electron chi connectivity index (χ2n) is 2.60. The molecule has 0 fully saturated rings. The largest absolute Gasteiger partial charge is 0.497 e. The highest BCUT2D eigenvalue weighted by atomic mass is 79.9. The summed E-state index contributed by atoms with van der Waals surface area (Å²) < 4.78 is 6.70. The minimum absolute atomic E-state index is 0.0360. The summed E-state index contributed by atoms with van der Waals surface area (Å²) >= 11 is 3.20. The molecule has 0 saturated carbocycles. The van der Waals surface area contributed by atoms with E-state index in [2.05, 4.69) is 31.9 Å². The normalized spacial score (nSPS) is 9.93. The number of benzene rings is 1. The molecule has 0 amide bonds. The SMILES string of the molecule is O=N[N-]c1on[n+](-c2ccccc2)c1Br. The lowest BCUT2D eigenvalue weighted by atomic mass is 10.3. The summed E-state index contributed by atoms with van der Waals surface area (Å²) in [5.41, 5.74) is 4.02. The Hall–Kier alpha value is -1.76. The second-order valence-corrected chi connectivity index (χ2v) is 3.35. The van der Waals surface area contributed by atoms with Crippen LogP contribution in [0.2, 0.25) is 0 Å². The second kappa shape index (κ2) is 4.18. The van der Waals surface area contributed by atoms with Crippen LogP contribution in [0.15, 0.2) is 44.7 Å². The van der Waals surface area contributed by atoms with Gasteiger partial charge in [0.25, 0.3) is 0 Å². The molecule has 0 atom stereocenters. The minimum atomic E-state index is 0.0360. The zero-order valence-electron chi connectivity index (χ0n) is 7.37. The number of nitroso groups, excluding NO2 is 1. The van der Waals surface area contributed by atoms with Crippen molar-refractivity contribution in [2.75, 3.05) is 0 Å². The van der Waals surface area contributed by atoms with Crippen LogP contribution in [0.5, 0.6) is 0 Å². The first-order valence-electron chi connectivity index (χ1n) is 3.99. The van der Waals surface area contributed by atoms with Crippen LogP contribution in [0.3, 0.4) is 0 Å². The molecular weight excluding hydrogens is 264 g/mol. The van der Waals surface area contributed by atoms with Gasteiger partial charge in [-0.3, -0.25) is 0 Å². The molecule has 0 aliphatic heterocycles. The van der Waals surface area contributed by atoms with Crippen molar-refractivity contribution in [2.45, 2.75) is 0 Å². The summed E-state index contributed by atoms with van der Waals surface area (Å²) in [6.45, 7) is 0. The molecule has 1 heterocycles. The Morgan fingerprint density at radius 2 is 2.13 bits per heavy atom. The number of halogens is 1. The average Bonchev–Trinajstić information content (AvgIpc) is 2.63. The number of aromatic nitrogens is 2. The van der Waals surface area contributed by atoms with E-state index in [-0.39, 0.29) is 5.88 Å². The fourth-order valence-electron chi connectivity index (χ4n) is 1.07. The van der Waals surface area contributed by atoms with Gasteiger partial charge in [-0.2, -0.15) is 4.91 Å². The molecular formula is C8H5BrN4O2. The molecule has 15 heavy (non-hydrogen) atoms. The number of para-hydroxylation sites is 1. The third-order valence-electron chi connectivity index (χ3n) is 1.70. The molecule has 0 unspecified atom stereocenters. The standard InChI is InChI=1S/C8H5BrN4O2/c9-7-8(10-11-14)15-12-13(7)6-4-2-1-3-5-6/h1-5H. The van der Waals surface area contributed by atoms with Crippen molar-refractivity contribution in [3.05, 3.63) is 45.3 Å². The maximum atomic E-state index is 9.94. The van der Waals surface area contributed by atoms with Crippen LogP contribution >= 0.6 is 15.9 Å². The molecule has 0 aliphatic carbocycles. The lowest BCUT2D eigenvalue weighted by molar-refractivity contribution is -0.680. The van der Waals surface area contributed by atoms with Gasteiger partial charge in [-0.05, 0) is 4.68 Å². The van der Waals surface area contributed by atoms with E-state index < -0.39 is 0 Å². The average molecular weight is 269 g/mol. The van der Waals surface area contributed by atoms with Crippen LogP contribution in [0.25, 0.3) is 11.1 Å². The molecule has 0 radical (unpaired) electrons. The van der Waals surface area contributed by atoms with Gasteiger partial charge in [0, 0.05) is 28.1 Å². The Bertz CT molecular complexity index is 471. The van der Waals surface area contributed by atoms with Crippen molar-refractivity contribution in [1.29, 1.82) is 0 Å². The van der Waals surface area contributed by atoms with E-state index in [9.17, 15) is 4.91 Å². The van der Waals surface area contributed by atoms with Crippen LogP contribution in [0, 0.1) is 4.91 Å².